The summed E-state index contributed by atoms with van der Waals surface area (Å²) in [6, 6.07) is 11.0. The molecule has 2 heterocycles. The van der Waals surface area contributed by atoms with Crippen LogP contribution in [0.2, 0.25) is 0 Å². The van der Waals surface area contributed by atoms with E-state index in [0.717, 1.165) is 50.5 Å². The number of hydrogen-bond donors (Lipinski definition) is 2. The number of benzene rings is 1. The van der Waals surface area contributed by atoms with Gasteiger partial charge >= 0.3 is 0 Å². The fourth-order valence-electron chi connectivity index (χ4n) is 3.82. The first-order valence-electron chi connectivity index (χ1n) is 11.2. The Labute approximate surface area is 186 Å². The molecule has 8 nitrogen and oxygen atoms in total. The van der Waals surface area contributed by atoms with E-state index in [1.54, 1.807) is 0 Å². The van der Waals surface area contributed by atoms with E-state index < -0.39 is 0 Å². The predicted molar refractivity (Wildman–Crippen MR) is 124 cm³/mol. The van der Waals surface area contributed by atoms with Gasteiger partial charge in [-0.15, -0.1) is 10.2 Å². The quantitative estimate of drug-likeness (QED) is 0.497. The largest absolute Gasteiger partial charge is 0.379 e. The highest BCUT2D eigenvalue weighted by Crippen LogP contribution is 2.14. The first-order valence-corrected chi connectivity index (χ1v) is 11.2. The SMILES string of the molecule is Cc1nnc(CN=C(NCC(C(C)C)N2CCOCC2)NC(C)c2ccccc2)n1C. The molecule has 0 bridgehead atoms. The monoisotopic (exact) mass is 427 g/mol. The molecule has 170 valence electrons. The molecule has 2 aromatic rings. The Hall–Kier alpha value is -2.45. The summed E-state index contributed by atoms with van der Waals surface area (Å²) >= 11 is 0. The molecular formula is C23H37N7O. The van der Waals surface area contributed by atoms with Crippen molar-refractivity contribution in [3.63, 3.8) is 0 Å². The predicted octanol–water partition coefficient (Wildman–Crippen LogP) is 2.28. The topological polar surface area (TPSA) is 79.6 Å². The van der Waals surface area contributed by atoms with Gasteiger partial charge in [0.25, 0.3) is 0 Å². The molecule has 1 saturated heterocycles. The van der Waals surface area contributed by atoms with Crippen molar-refractivity contribution in [3.05, 3.63) is 47.5 Å². The minimum atomic E-state index is 0.134. The van der Waals surface area contributed by atoms with E-state index in [-0.39, 0.29) is 6.04 Å². The Morgan fingerprint density at radius 1 is 1.13 bits per heavy atom. The molecule has 1 aromatic heterocycles. The zero-order valence-electron chi connectivity index (χ0n) is 19.5. The maximum atomic E-state index is 5.54. The molecule has 1 fully saturated rings. The minimum absolute atomic E-state index is 0.134. The number of rotatable bonds is 8. The van der Waals surface area contributed by atoms with E-state index in [1.807, 2.05) is 24.6 Å². The molecule has 2 N–H and O–H groups in total. The molecule has 1 aliphatic heterocycles. The first kappa shape index (κ1) is 23.2. The highest BCUT2D eigenvalue weighted by Gasteiger charge is 2.24. The zero-order chi connectivity index (χ0) is 22.2. The highest BCUT2D eigenvalue weighted by atomic mass is 16.5. The molecule has 0 amide bonds. The summed E-state index contributed by atoms with van der Waals surface area (Å²) in [5.41, 5.74) is 1.22. The number of aryl methyl sites for hydroxylation is 1. The number of hydrogen-bond acceptors (Lipinski definition) is 5. The number of guanidine groups is 1. The number of ether oxygens (including phenoxy) is 1. The van der Waals surface area contributed by atoms with Crippen LogP contribution in [0.3, 0.4) is 0 Å². The Kier molecular flexibility index (Phi) is 8.43. The minimum Gasteiger partial charge on any atom is -0.379 e. The standard InChI is InChI=1S/C23H37N7O/c1-17(2)21(30-11-13-31-14-12-30)15-24-23(25-16-22-28-27-19(4)29(22)5)26-18(3)20-9-7-6-8-10-20/h6-10,17-18,21H,11-16H2,1-5H3,(H2,24,25,26). The summed E-state index contributed by atoms with van der Waals surface area (Å²) < 4.78 is 7.52. The van der Waals surface area contributed by atoms with Crippen LogP contribution in [0.1, 0.15) is 44.0 Å². The average molecular weight is 428 g/mol. The van der Waals surface area contributed by atoms with E-state index in [9.17, 15) is 0 Å². The van der Waals surface area contributed by atoms with Crippen molar-refractivity contribution in [2.75, 3.05) is 32.8 Å². The molecule has 2 unspecified atom stereocenters. The average Bonchev–Trinajstić information content (AvgIpc) is 3.10. The van der Waals surface area contributed by atoms with Gasteiger partial charge < -0.3 is 19.9 Å². The lowest BCUT2D eigenvalue weighted by Crippen LogP contribution is -2.52. The van der Waals surface area contributed by atoms with E-state index in [1.165, 1.54) is 5.56 Å². The molecule has 0 saturated carbocycles. The summed E-state index contributed by atoms with van der Waals surface area (Å²) in [6.45, 7) is 13.5. The van der Waals surface area contributed by atoms with Crippen molar-refractivity contribution in [1.29, 1.82) is 0 Å². The summed E-state index contributed by atoms with van der Waals surface area (Å²) in [5.74, 6) is 3.05. The van der Waals surface area contributed by atoms with Crippen LogP contribution in [0.25, 0.3) is 0 Å². The highest BCUT2D eigenvalue weighted by molar-refractivity contribution is 5.80. The lowest BCUT2D eigenvalue weighted by atomic mass is 10.0. The molecule has 2 atom stereocenters. The molecular weight excluding hydrogens is 390 g/mol. The summed E-state index contributed by atoms with van der Waals surface area (Å²) in [7, 11) is 1.97. The summed E-state index contributed by atoms with van der Waals surface area (Å²) in [5, 5.41) is 15.6. The van der Waals surface area contributed by atoms with Gasteiger partial charge in [0.1, 0.15) is 12.4 Å². The molecule has 0 aliphatic carbocycles. The van der Waals surface area contributed by atoms with Gasteiger partial charge in [-0.25, -0.2) is 4.99 Å². The molecule has 1 aliphatic rings. The molecule has 31 heavy (non-hydrogen) atoms. The van der Waals surface area contributed by atoms with Gasteiger partial charge in [-0.1, -0.05) is 44.2 Å². The van der Waals surface area contributed by atoms with Crippen LogP contribution < -0.4 is 10.6 Å². The Bertz CT molecular complexity index is 828. The fourth-order valence-corrected chi connectivity index (χ4v) is 3.82. The van der Waals surface area contributed by atoms with Gasteiger partial charge in [0, 0.05) is 32.7 Å². The first-order chi connectivity index (χ1) is 15.0. The van der Waals surface area contributed by atoms with Crippen LogP contribution in [-0.2, 0) is 18.3 Å². The third-order valence-electron chi connectivity index (χ3n) is 5.98. The summed E-state index contributed by atoms with van der Waals surface area (Å²) in [4.78, 5) is 7.36. The van der Waals surface area contributed by atoms with Gasteiger partial charge in [0.2, 0.25) is 0 Å². The Balaban J connectivity index is 1.72. The second-order valence-electron chi connectivity index (χ2n) is 8.50. The van der Waals surface area contributed by atoms with Crippen molar-refractivity contribution in [1.82, 2.24) is 30.3 Å². The maximum Gasteiger partial charge on any atom is 0.192 e. The van der Waals surface area contributed by atoms with Crippen molar-refractivity contribution in [3.8, 4) is 0 Å². The lowest BCUT2D eigenvalue weighted by molar-refractivity contribution is 0.00751. The van der Waals surface area contributed by atoms with Gasteiger partial charge in [-0.2, -0.15) is 0 Å². The molecule has 3 rings (SSSR count). The lowest BCUT2D eigenvalue weighted by Gasteiger charge is -2.37. The van der Waals surface area contributed by atoms with Crippen LogP contribution in [0.4, 0.5) is 0 Å². The smallest absolute Gasteiger partial charge is 0.192 e. The van der Waals surface area contributed by atoms with Gasteiger partial charge in [-0.05, 0) is 25.3 Å². The van der Waals surface area contributed by atoms with Crippen molar-refractivity contribution in [2.45, 2.75) is 46.3 Å². The van der Waals surface area contributed by atoms with Gasteiger partial charge in [0.05, 0.1) is 19.3 Å². The normalized spacial score (nSPS) is 17.5. The van der Waals surface area contributed by atoms with Gasteiger partial charge in [0.15, 0.2) is 11.8 Å². The van der Waals surface area contributed by atoms with E-state index >= 15 is 0 Å². The van der Waals surface area contributed by atoms with E-state index in [0.29, 0.717) is 18.5 Å². The Morgan fingerprint density at radius 2 is 1.84 bits per heavy atom. The second-order valence-corrected chi connectivity index (χ2v) is 8.50. The van der Waals surface area contributed by atoms with Crippen molar-refractivity contribution < 1.29 is 4.74 Å². The van der Waals surface area contributed by atoms with Crippen LogP contribution in [0.5, 0.6) is 0 Å². The molecule has 0 spiro atoms. The van der Waals surface area contributed by atoms with Crippen LogP contribution in [-0.4, -0.2) is 64.5 Å². The number of nitrogens with one attached hydrogen (secondary N) is 2. The van der Waals surface area contributed by atoms with E-state index in [4.69, 9.17) is 9.73 Å². The summed E-state index contributed by atoms with van der Waals surface area (Å²) in [6.07, 6.45) is 0. The number of aliphatic imine (C=N–C) groups is 1. The second kappa shape index (κ2) is 11.2. The van der Waals surface area contributed by atoms with Crippen molar-refractivity contribution in [2.24, 2.45) is 18.0 Å². The Morgan fingerprint density at radius 3 is 2.45 bits per heavy atom. The van der Waals surface area contributed by atoms with Crippen LogP contribution in [0, 0.1) is 12.8 Å². The molecule has 0 radical (unpaired) electrons. The zero-order valence-corrected chi connectivity index (χ0v) is 19.5. The third-order valence-corrected chi connectivity index (χ3v) is 5.98. The maximum absolute atomic E-state index is 5.54. The molecule has 1 aromatic carbocycles. The number of aromatic nitrogens is 3. The van der Waals surface area contributed by atoms with Gasteiger partial charge in [-0.3, -0.25) is 4.90 Å². The van der Waals surface area contributed by atoms with Crippen LogP contribution >= 0.6 is 0 Å². The van der Waals surface area contributed by atoms with E-state index in [2.05, 4.69) is 70.8 Å². The number of nitrogens with zero attached hydrogens (tertiary/aromatic N) is 5. The third kappa shape index (κ3) is 6.51. The number of morpholine rings is 1. The van der Waals surface area contributed by atoms with Crippen molar-refractivity contribution >= 4 is 5.96 Å². The fraction of sp³-hybridized carbons (Fsp3) is 0.609. The van der Waals surface area contributed by atoms with Crippen LogP contribution in [0.15, 0.2) is 35.3 Å². The molecule has 8 heteroatoms.